The van der Waals surface area contributed by atoms with Gasteiger partial charge in [-0.3, -0.25) is 0 Å². The van der Waals surface area contributed by atoms with E-state index in [1.54, 1.807) is 0 Å². The first kappa shape index (κ1) is 10.2. The van der Waals surface area contributed by atoms with Crippen LogP contribution in [0, 0.1) is 11.3 Å². The fraction of sp³-hybridized carbons (Fsp3) is 1.00. The van der Waals surface area contributed by atoms with Crippen molar-refractivity contribution in [1.29, 1.82) is 0 Å². The van der Waals surface area contributed by atoms with Crippen LogP contribution in [-0.2, 0) is 0 Å². The van der Waals surface area contributed by atoms with Gasteiger partial charge in [0.2, 0.25) is 0 Å². The topological polar surface area (TPSA) is 3.24 Å². The molecule has 13 heavy (non-hydrogen) atoms. The summed E-state index contributed by atoms with van der Waals surface area (Å²) in [5.41, 5.74) is 0.706. The molecular formula is C11H20IN. The predicted octanol–water partition coefficient (Wildman–Crippen LogP) is 3.63. The van der Waals surface area contributed by atoms with Crippen LogP contribution in [0.4, 0.5) is 0 Å². The lowest BCUT2D eigenvalue weighted by Crippen LogP contribution is -2.44. The molecular weight excluding hydrogens is 273 g/mol. The van der Waals surface area contributed by atoms with Crippen molar-refractivity contribution in [3.8, 4) is 0 Å². The molecule has 2 aliphatic rings. The molecule has 0 bridgehead atoms. The van der Waals surface area contributed by atoms with Gasteiger partial charge in [0.05, 0.1) is 0 Å². The fourth-order valence-corrected chi connectivity index (χ4v) is 4.21. The molecule has 0 aromatic heterocycles. The molecule has 0 N–H and O–H groups in total. The number of piperidine rings is 1. The zero-order chi connectivity index (χ0) is 9.31. The van der Waals surface area contributed by atoms with Crippen molar-refractivity contribution in [3.63, 3.8) is 0 Å². The van der Waals surface area contributed by atoms with Crippen LogP contribution in [0.15, 0.2) is 0 Å². The van der Waals surface area contributed by atoms with Crippen molar-refractivity contribution in [3.05, 3.63) is 0 Å². The molecule has 1 nitrogen and oxygen atoms in total. The average molecular weight is 293 g/mol. The van der Waals surface area contributed by atoms with Crippen LogP contribution in [0.3, 0.4) is 0 Å². The van der Waals surface area contributed by atoms with Crippen LogP contribution in [0.25, 0.3) is 0 Å². The minimum atomic E-state index is 0.706. The first-order valence-corrected chi connectivity index (χ1v) is 6.60. The van der Waals surface area contributed by atoms with E-state index in [2.05, 4.69) is 32.9 Å². The van der Waals surface area contributed by atoms with Crippen LogP contribution >= 0.6 is 22.9 Å². The molecule has 76 valence electrons. The molecule has 1 spiro atoms. The molecule has 0 amide bonds. The summed E-state index contributed by atoms with van der Waals surface area (Å²) >= 11 is 2.51. The summed E-state index contributed by atoms with van der Waals surface area (Å²) in [5.74, 6) is 0.971. The Kier molecular flexibility index (Phi) is 3.18. The normalized spacial score (nSPS) is 42.5. The quantitative estimate of drug-likeness (QED) is 0.487. The Morgan fingerprint density at radius 2 is 2.00 bits per heavy atom. The molecule has 1 saturated carbocycles. The van der Waals surface area contributed by atoms with E-state index in [4.69, 9.17) is 0 Å². The summed E-state index contributed by atoms with van der Waals surface area (Å²) in [5, 5.41) is 0. The highest BCUT2D eigenvalue weighted by molar-refractivity contribution is 14.1. The van der Waals surface area contributed by atoms with E-state index < -0.39 is 0 Å². The highest BCUT2D eigenvalue weighted by atomic mass is 127. The van der Waals surface area contributed by atoms with Gasteiger partial charge in [0.25, 0.3) is 0 Å². The molecule has 0 aromatic carbocycles. The Balaban J connectivity index is 2.07. The van der Waals surface area contributed by atoms with Gasteiger partial charge in [-0.15, -0.1) is 0 Å². The SMILES string of the molecule is CC1CCCC[C@@]12CCCN(I)C2. The fourth-order valence-electron chi connectivity index (χ4n) is 3.19. The molecule has 1 aliphatic heterocycles. The van der Waals surface area contributed by atoms with Gasteiger partial charge in [0.15, 0.2) is 0 Å². The third-order valence-corrected chi connectivity index (χ3v) is 4.99. The third-order valence-electron chi connectivity index (χ3n) is 4.17. The lowest BCUT2D eigenvalue weighted by Gasteiger charge is -2.47. The van der Waals surface area contributed by atoms with Gasteiger partial charge in [-0.1, -0.05) is 26.2 Å². The van der Waals surface area contributed by atoms with Crippen LogP contribution in [0.5, 0.6) is 0 Å². The summed E-state index contributed by atoms with van der Waals surface area (Å²) in [6.45, 7) is 5.15. The number of rotatable bonds is 0. The van der Waals surface area contributed by atoms with Crippen molar-refractivity contribution in [2.24, 2.45) is 11.3 Å². The Labute approximate surface area is 95.8 Å². The van der Waals surface area contributed by atoms with E-state index in [1.807, 2.05) is 0 Å². The van der Waals surface area contributed by atoms with E-state index in [0.717, 1.165) is 5.92 Å². The minimum Gasteiger partial charge on any atom is -0.247 e. The standard InChI is InChI=1S/C11H20IN/c1-10-5-2-3-6-11(10)7-4-8-13(12)9-11/h10H,2-9H2,1H3/t10?,11-/m0/s1. The molecule has 2 rings (SSSR count). The van der Waals surface area contributed by atoms with Crippen molar-refractivity contribution >= 4 is 22.9 Å². The molecule has 1 saturated heterocycles. The number of hydrogen-bond acceptors (Lipinski definition) is 1. The molecule has 2 fully saturated rings. The largest absolute Gasteiger partial charge is 0.247 e. The van der Waals surface area contributed by atoms with Crippen LogP contribution < -0.4 is 0 Å². The minimum absolute atomic E-state index is 0.706. The van der Waals surface area contributed by atoms with Crippen LogP contribution in [-0.4, -0.2) is 16.2 Å². The second kappa shape index (κ2) is 4.05. The van der Waals surface area contributed by atoms with E-state index in [9.17, 15) is 0 Å². The molecule has 2 atom stereocenters. The molecule has 0 radical (unpaired) electrons. The van der Waals surface area contributed by atoms with Gasteiger partial charge in [0, 0.05) is 36.0 Å². The second-order valence-electron chi connectivity index (χ2n) is 4.96. The molecule has 0 aromatic rings. The lowest BCUT2D eigenvalue weighted by molar-refractivity contribution is 0.0507. The van der Waals surface area contributed by atoms with E-state index in [0.29, 0.717) is 5.41 Å². The van der Waals surface area contributed by atoms with Gasteiger partial charge in [0.1, 0.15) is 0 Å². The zero-order valence-electron chi connectivity index (χ0n) is 8.56. The Morgan fingerprint density at radius 1 is 1.23 bits per heavy atom. The van der Waals surface area contributed by atoms with Gasteiger partial charge >= 0.3 is 0 Å². The summed E-state index contributed by atoms with van der Waals surface area (Å²) in [6, 6.07) is 0. The summed E-state index contributed by atoms with van der Waals surface area (Å²) in [7, 11) is 0. The van der Waals surface area contributed by atoms with Gasteiger partial charge in [-0.2, -0.15) is 0 Å². The third kappa shape index (κ3) is 2.04. The average Bonchev–Trinajstić information content (AvgIpc) is 2.11. The van der Waals surface area contributed by atoms with E-state index in [1.165, 1.54) is 51.6 Å². The second-order valence-corrected chi connectivity index (χ2v) is 6.32. The van der Waals surface area contributed by atoms with E-state index >= 15 is 0 Å². The van der Waals surface area contributed by atoms with Gasteiger partial charge in [-0.25, -0.2) is 3.11 Å². The van der Waals surface area contributed by atoms with Crippen molar-refractivity contribution < 1.29 is 0 Å². The maximum absolute atomic E-state index is 2.52. The monoisotopic (exact) mass is 293 g/mol. The first-order chi connectivity index (χ1) is 6.23. The lowest BCUT2D eigenvalue weighted by atomic mass is 9.63. The van der Waals surface area contributed by atoms with Crippen LogP contribution in [0.1, 0.15) is 45.4 Å². The molecule has 1 aliphatic carbocycles. The predicted molar refractivity (Wildman–Crippen MR) is 64.9 cm³/mol. The van der Waals surface area contributed by atoms with Gasteiger partial charge in [-0.05, 0) is 30.6 Å². The van der Waals surface area contributed by atoms with E-state index in [-0.39, 0.29) is 0 Å². The number of halogens is 1. The summed E-state index contributed by atoms with van der Waals surface area (Å²) < 4.78 is 2.52. The Hall–Kier alpha value is 0.690. The summed E-state index contributed by atoms with van der Waals surface area (Å²) in [4.78, 5) is 0. The molecule has 1 heterocycles. The zero-order valence-corrected chi connectivity index (χ0v) is 10.7. The number of hydrogen-bond donors (Lipinski definition) is 0. The Morgan fingerprint density at radius 3 is 2.69 bits per heavy atom. The highest BCUT2D eigenvalue weighted by Gasteiger charge is 2.40. The van der Waals surface area contributed by atoms with Crippen LogP contribution in [0.2, 0.25) is 0 Å². The van der Waals surface area contributed by atoms with Crippen molar-refractivity contribution in [1.82, 2.24) is 3.11 Å². The Bertz CT molecular complexity index is 179. The van der Waals surface area contributed by atoms with Crippen molar-refractivity contribution in [2.45, 2.75) is 45.4 Å². The molecule has 2 heteroatoms. The maximum Gasteiger partial charge on any atom is 0.0201 e. The first-order valence-electron chi connectivity index (χ1n) is 5.64. The number of nitrogens with zero attached hydrogens (tertiary/aromatic N) is 1. The smallest absolute Gasteiger partial charge is 0.0201 e. The van der Waals surface area contributed by atoms with Crippen molar-refractivity contribution in [2.75, 3.05) is 13.1 Å². The van der Waals surface area contributed by atoms with Gasteiger partial charge < -0.3 is 0 Å². The summed E-state index contributed by atoms with van der Waals surface area (Å²) in [6.07, 6.45) is 8.85. The molecule has 1 unspecified atom stereocenters. The highest BCUT2D eigenvalue weighted by Crippen LogP contribution is 2.47. The maximum atomic E-state index is 2.52.